The van der Waals surface area contributed by atoms with E-state index in [9.17, 15) is 4.79 Å². The van der Waals surface area contributed by atoms with E-state index in [4.69, 9.17) is 0 Å². The van der Waals surface area contributed by atoms with E-state index in [1.54, 1.807) is 10.9 Å². The van der Waals surface area contributed by atoms with Crippen molar-refractivity contribution in [3.63, 3.8) is 0 Å². The molecule has 1 unspecified atom stereocenters. The van der Waals surface area contributed by atoms with Crippen LogP contribution in [0.5, 0.6) is 0 Å². The van der Waals surface area contributed by atoms with Crippen molar-refractivity contribution in [1.29, 1.82) is 0 Å². The highest BCUT2D eigenvalue weighted by molar-refractivity contribution is 5.92. The molecule has 0 aliphatic rings. The molecular weight excluding hydrogens is 348 g/mol. The van der Waals surface area contributed by atoms with E-state index in [-0.39, 0.29) is 17.6 Å². The van der Waals surface area contributed by atoms with Gasteiger partial charge in [0.05, 0.1) is 17.9 Å². The van der Waals surface area contributed by atoms with Gasteiger partial charge in [-0.25, -0.2) is 4.68 Å². The molecule has 0 aliphatic heterocycles. The largest absolute Gasteiger partial charge is 0.343 e. The highest BCUT2D eigenvalue weighted by Gasteiger charge is 2.18. The number of aromatic nitrogens is 3. The molecular formula is C23H20N4O. The van der Waals surface area contributed by atoms with Crippen LogP contribution >= 0.6 is 0 Å². The summed E-state index contributed by atoms with van der Waals surface area (Å²) in [5.74, 6) is -0.244. The van der Waals surface area contributed by atoms with Crippen LogP contribution < -0.4 is 5.32 Å². The fourth-order valence-corrected chi connectivity index (χ4v) is 3.09. The third kappa shape index (κ3) is 4.15. The third-order valence-electron chi connectivity index (χ3n) is 4.54. The average Bonchev–Trinajstić information content (AvgIpc) is 3.26. The standard InChI is InChI=1S/C23H20N4O/c28-23(22-17-27(26-25-22)20-14-8-3-9-15-20)24-21(19-12-6-2-7-13-19)16-18-10-4-1-5-11-18/h1-15,17,21H,16H2,(H,24,28). The summed E-state index contributed by atoms with van der Waals surface area (Å²) in [7, 11) is 0. The third-order valence-corrected chi connectivity index (χ3v) is 4.54. The van der Waals surface area contributed by atoms with Crippen LogP contribution in [0.3, 0.4) is 0 Å². The lowest BCUT2D eigenvalue weighted by Crippen LogP contribution is -2.30. The second kappa shape index (κ2) is 8.31. The molecule has 1 atom stereocenters. The minimum Gasteiger partial charge on any atom is -0.343 e. The minimum atomic E-state index is -0.244. The van der Waals surface area contributed by atoms with Gasteiger partial charge < -0.3 is 5.32 Å². The number of amides is 1. The van der Waals surface area contributed by atoms with Crippen LogP contribution in [0.25, 0.3) is 5.69 Å². The number of nitrogens with zero attached hydrogens (tertiary/aromatic N) is 3. The highest BCUT2D eigenvalue weighted by Crippen LogP contribution is 2.19. The zero-order chi connectivity index (χ0) is 19.2. The number of carbonyl (C=O) groups excluding carboxylic acids is 1. The molecule has 1 amide bonds. The van der Waals surface area contributed by atoms with Gasteiger partial charge in [-0.15, -0.1) is 5.10 Å². The van der Waals surface area contributed by atoms with Gasteiger partial charge in [-0.1, -0.05) is 84.1 Å². The molecule has 0 aliphatic carbocycles. The van der Waals surface area contributed by atoms with Crippen molar-refractivity contribution in [3.05, 3.63) is 114 Å². The number of hydrogen-bond donors (Lipinski definition) is 1. The summed E-state index contributed by atoms with van der Waals surface area (Å²) in [4.78, 5) is 12.8. The van der Waals surface area contributed by atoms with Gasteiger partial charge in [0.2, 0.25) is 0 Å². The Morgan fingerprint density at radius 3 is 2.14 bits per heavy atom. The van der Waals surface area contributed by atoms with Crippen LogP contribution in [0.15, 0.2) is 97.2 Å². The summed E-state index contributed by atoms with van der Waals surface area (Å²) in [6.07, 6.45) is 2.35. The Hall–Kier alpha value is -3.73. The first-order valence-corrected chi connectivity index (χ1v) is 9.17. The summed E-state index contributed by atoms with van der Waals surface area (Å²) in [6.45, 7) is 0. The molecule has 1 aromatic heterocycles. The lowest BCUT2D eigenvalue weighted by molar-refractivity contribution is 0.0931. The molecule has 28 heavy (non-hydrogen) atoms. The number of hydrogen-bond acceptors (Lipinski definition) is 3. The van der Waals surface area contributed by atoms with Crippen molar-refractivity contribution < 1.29 is 4.79 Å². The molecule has 0 fully saturated rings. The molecule has 0 saturated heterocycles. The van der Waals surface area contributed by atoms with E-state index in [1.807, 2.05) is 78.9 Å². The van der Waals surface area contributed by atoms with E-state index in [2.05, 4.69) is 27.8 Å². The normalized spacial score (nSPS) is 11.7. The first kappa shape index (κ1) is 17.7. The van der Waals surface area contributed by atoms with Crippen molar-refractivity contribution in [2.45, 2.75) is 12.5 Å². The smallest absolute Gasteiger partial charge is 0.273 e. The monoisotopic (exact) mass is 368 g/mol. The predicted octanol–water partition coefficient (Wildman–Crippen LogP) is 3.98. The Morgan fingerprint density at radius 2 is 1.46 bits per heavy atom. The van der Waals surface area contributed by atoms with E-state index >= 15 is 0 Å². The zero-order valence-corrected chi connectivity index (χ0v) is 15.3. The molecule has 1 heterocycles. The summed E-state index contributed by atoms with van der Waals surface area (Å²) in [5, 5.41) is 11.2. The summed E-state index contributed by atoms with van der Waals surface area (Å²) < 4.78 is 1.60. The summed E-state index contributed by atoms with van der Waals surface area (Å²) >= 11 is 0. The number of carbonyl (C=O) groups is 1. The maximum atomic E-state index is 12.8. The summed E-state index contributed by atoms with van der Waals surface area (Å²) in [5.41, 5.74) is 3.36. The Kier molecular flexibility index (Phi) is 5.24. The number of para-hydroxylation sites is 1. The van der Waals surface area contributed by atoms with Crippen LogP contribution in [-0.4, -0.2) is 20.9 Å². The van der Waals surface area contributed by atoms with Gasteiger partial charge in [-0.3, -0.25) is 4.79 Å². The second-order valence-electron chi connectivity index (χ2n) is 6.51. The van der Waals surface area contributed by atoms with E-state index in [0.717, 1.165) is 16.8 Å². The zero-order valence-electron chi connectivity index (χ0n) is 15.3. The molecule has 3 aromatic carbocycles. The van der Waals surface area contributed by atoms with Crippen LogP contribution in [0.1, 0.15) is 27.7 Å². The van der Waals surface area contributed by atoms with Gasteiger partial charge >= 0.3 is 0 Å². The Bertz CT molecular complexity index is 1030. The van der Waals surface area contributed by atoms with Gasteiger partial charge in [0.25, 0.3) is 5.91 Å². The van der Waals surface area contributed by atoms with Gasteiger partial charge in [0.15, 0.2) is 5.69 Å². The number of rotatable bonds is 6. The van der Waals surface area contributed by atoms with Gasteiger partial charge in [-0.2, -0.15) is 0 Å². The van der Waals surface area contributed by atoms with Crippen molar-refractivity contribution in [3.8, 4) is 5.69 Å². The number of benzene rings is 3. The molecule has 0 radical (unpaired) electrons. The topological polar surface area (TPSA) is 59.8 Å². The predicted molar refractivity (Wildman–Crippen MR) is 108 cm³/mol. The van der Waals surface area contributed by atoms with E-state index < -0.39 is 0 Å². The molecule has 5 nitrogen and oxygen atoms in total. The molecule has 138 valence electrons. The molecule has 4 rings (SSSR count). The van der Waals surface area contributed by atoms with Gasteiger partial charge in [0.1, 0.15) is 0 Å². The van der Waals surface area contributed by atoms with E-state index in [1.165, 1.54) is 0 Å². The Morgan fingerprint density at radius 1 is 0.857 bits per heavy atom. The second-order valence-corrected chi connectivity index (χ2v) is 6.51. The molecule has 0 saturated carbocycles. The Labute approximate surface area is 163 Å². The first-order valence-electron chi connectivity index (χ1n) is 9.17. The molecule has 4 aromatic rings. The fraction of sp³-hybridized carbons (Fsp3) is 0.0870. The van der Waals surface area contributed by atoms with Gasteiger partial charge in [-0.05, 0) is 29.7 Å². The summed E-state index contributed by atoms with van der Waals surface area (Å²) in [6, 6.07) is 29.5. The van der Waals surface area contributed by atoms with Crippen LogP contribution in [-0.2, 0) is 6.42 Å². The SMILES string of the molecule is O=C(NC(Cc1ccccc1)c1ccccc1)c1cn(-c2ccccc2)nn1. The molecule has 1 N–H and O–H groups in total. The van der Waals surface area contributed by atoms with Crippen LogP contribution in [0, 0.1) is 0 Å². The van der Waals surface area contributed by atoms with Crippen molar-refractivity contribution in [2.24, 2.45) is 0 Å². The maximum absolute atomic E-state index is 12.8. The molecule has 0 bridgehead atoms. The minimum absolute atomic E-state index is 0.155. The van der Waals surface area contributed by atoms with Crippen molar-refractivity contribution >= 4 is 5.91 Å². The molecule has 0 spiro atoms. The number of nitrogens with one attached hydrogen (secondary N) is 1. The highest BCUT2D eigenvalue weighted by atomic mass is 16.2. The van der Waals surface area contributed by atoms with E-state index in [0.29, 0.717) is 6.42 Å². The van der Waals surface area contributed by atoms with Crippen molar-refractivity contribution in [1.82, 2.24) is 20.3 Å². The average molecular weight is 368 g/mol. The molecule has 5 heteroatoms. The first-order chi connectivity index (χ1) is 13.8. The van der Waals surface area contributed by atoms with Crippen molar-refractivity contribution in [2.75, 3.05) is 0 Å². The van der Waals surface area contributed by atoms with Crippen LogP contribution in [0.2, 0.25) is 0 Å². The lowest BCUT2D eigenvalue weighted by atomic mass is 9.99. The van der Waals surface area contributed by atoms with Crippen LogP contribution in [0.4, 0.5) is 0 Å². The van der Waals surface area contributed by atoms with Gasteiger partial charge in [0, 0.05) is 0 Å². The fourth-order valence-electron chi connectivity index (χ4n) is 3.09. The maximum Gasteiger partial charge on any atom is 0.273 e. The lowest BCUT2D eigenvalue weighted by Gasteiger charge is -2.19. The quantitative estimate of drug-likeness (QED) is 0.560. The Balaban J connectivity index is 1.55.